The normalized spacial score (nSPS) is 19.8. The zero-order valence-electron chi connectivity index (χ0n) is 20.2. The molecule has 2 aromatic rings. The van der Waals surface area contributed by atoms with Crippen molar-refractivity contribution in [1.82, 2.24) is 10.6 Å². The molecule has 0 radical (unpaired) electrons. The lowest BCUT2D eigenvalue weighted by molar-refractivity contribution is -0.145. The number of carboxylic acids is 1. The van der Waals surface area contributed by atoms with E-state index >= 15 is 0 Å². The molecule has 0 bridgehead atoms. The van der Waals surface area contributed by atoms with Crippen LogP contribution in [0.15, 0.2) is 48.5 Å². The highest BCUT2D eigenvalue weighted by Crippen LogP contribution is 2.44. The summed E-state index contributed by atoms with van der Waals surface area (Å²) in [5.41, 5.74) is 4.64. The van der Waals surface area contributed by atoms with Crippen LogP contribution in [0.5, 0.6) is 0 Å². The fourth-order valence-corrected chi connectivity index (χ4v) is 5.42. The first-order valence-electron chi connectivity index (χ1n) is 12.6. The number of ether oxygens (including phenoxy) is 1. The van der Waals surface area contributed by atoms with E-state index in [1.54, 1.807) is 0 Å². The lowest BCUT2D eigenvalue weighted by atomic mass is 9.79. The molecule has 0 heterocycles. The van der Waals surface area contributed by atoms with Crippen LogP contribution in [0.3, 0.4) is 0 Å². The van der Waals surface area contributed by atoms with Gasteiger partial charge in [0.2, 0.25) is 5.91 Å². The molecule has 7 heteroatoms. The van der Waals surface area contributed by atoms with Gasteiger partial charge in [0.15, 0.2) is 0 Å². The van der Waals surface area contributed by atoms with Crippen molar-refractivity contribution in [3.05, 3.63) is 59.7 Å². The number of amides is 2. The Morgan fingerprint density at radius 1 is 1.00 bits per heavy atom. The predicted molar refractivity (Wildman–Crippen MR) is 133 cm³/mol. The molecule has 7 nitrogen and oxygen atoms in total. The van der Waals surface area contributed by atoms with E-state index in [0.29, 0.717) is 19.4 Å². The van der Waals surface area contributed by atoms with Crippen LogP contribution in [-0.4, -0.2) is 42.3 Å². The zero-order chi connectivity index (χ0) is 24.8. The van der Waals surface area contributed by atoms with Crippen molar-refractivity contribution < 1.29 is 24.2 Å². The number of carbonyl (C=O) groups excluding carboxylic acids is 2. The first kappa shape index (κ1) is 24.8. The van der Waals surface area contributed by atoms with Gasteiger partial charge in [-0.2, -0.15) is 0 Å². The second kappa shape index (κ2) is 11.4. The van der Waals surface area contributed by atoms with Crippen molar-refractivity contribution in [1.29, 1.82) is 0 Å². The maximum Gasteiger partial charge on any atom is 0.407 e. The monoisotopic (exact) mass is 478 g/mol. The molecule has 1 saturated carbocycles. The highest BCUT2D eigenvalue weighted by molar-refractivity contribution is 5.79. The van der Waals surface area contributed by atoms with Crippen LogP contribution in [0.2, 0.25) is 0 Å². The number of aliphatic carboxylic acids is 1. The SMILES string of the molecule is CC[C@H](CC(=O)NC[C@H]1CCCC[C@H]1C(=O)O)NC(=O)OCC1c2ccccc2-c2ccccc21. The topological polar surface area (TPSA) is 105 Å². The van der Waals surface area contributed by atoms with E-state index in [1.165, 1.54) is 11.1 Å². The van der Waals surface area contributed by atoms with E-state index in [-0.39, 0.29) is 36.8 Å². The first-order chi connectivity index (χ1) is 17.0. The second-order valence-electron chi connectivity index (χ2n) is 9.57. The number of hydrogen-bond donors (Lipinski definition) is 3. The van der Waals surface area contributed by atoms with E-state index in [1.807, 2.05) is 31.2 Å². The van der Waals surface area contributed by atoms with Gasteiger partial charge in [0.1, 0.15) is 6.61 Å². The molecule has 0 aliphatic heterocycles. The molecule has 2 aliphatic carbocycles. The molecule has 2 aromatic carbocycles. The summed E-state index contributed by atoms with van der Waals surface area (Å²) in [5.74, 6) is -1.43. The number of fused-ring (bicyclic) bond motifs is 3. The molecular weight excluding hydrogens is 444 g/mol. The Balaban J connectivity index is 1.27. The van der Waals surface area contributed by atoms with Crippen molar-refractivity contribution >= 4 is 18.0 Å². The highest BCUT2D eigenvalue weighted by atomic mass is 16.5. The lowest BCUT2D eigenvalue weighted by Crippen LogP contribution is -2.42. The van der Waals surface area contributed by atoms with E-state index in [4.69, 9.17) is 4.74 Å². The first-order valence-corrected chi connectivity index (χ1v) is 12.6. The van der Waals surface area contributed by atoms with E-state index in [9.17, 15) is 19.5 Å². The average molecular weight is 479 g/mol. The minimum atomic E-state index is -0.785. The summed E-state index contributed by atoms with van der Waals surface area (Å²) < 4.78 is 5.60. The predicted octanol–water partition coefficient (Wildman–Crippen LogP) is 4.70. The van der Waals surface area contributed by atoms with Gasteiger partial charge in [-0.05, 0) is 47.4 Å². The van der Waals surface area contributed by atoms with Gasteiger partial charge in [0.05, 0.1) is 5.92 Å². The number of carboxylic acid groups (broad SMARTS) is 1. The molecule has 0 saturated heterocycles. The number of alkyl carbamates (subject to hydrolysis) is 1. The maximum atomic E-state index is 12.6. The summed E-state index contributed by atoms with van der Waals surface area (Å²) in [5, 5.41) is 15.1. The minimum absolute atomic E-state index is 0.0193. The van der Waals surface area contributed by atoms with Gasteiger partial charge >= 0.3 is 12.1 Å². The molecule has 0 aromatic heterocycles. The molecule has 186 valence electrons. The van der Waals surface area contributed by atoms with Gasteiger partial charge in [-0.15, -0.1) is 0 Å². The summed E-state index contributed by atoms with van der Waals surface area (Å²) in [4.78, 5) is 36.5. The number of rotatable bonds is 9. The van der Waals surface area contributed by atoms with Gasteiger partial charge in [-0.3, -0.25) is 9.59 Å². The third-order valence-electron chi connectivity index (χ3n) is 7.38. The van der Waals surface area contributed by atoms with Crippen LogP contribution in [0.25, 0.3) is 11.1 Å². The number of carbonyl (C=O) groups is 3. The molecule has 3 atom stereocenters. The van der Waals surface area contributed by atoms with Gasteiger partial charge in [-0.25, -0.2) is 4.79 Å². The average Bonchev–Trinajstić information content (AvgIpc) is 3.19. The summed E-state index contributed by atoms with van der Waals surface area (Å²) in [6, 6.07) is 16.0. The fourth-order valence-electron chi connectivity index (χ4n) is 5.42. The van der Waals surface area contributed by atoms with Crippen molar-refractivity contribution in [2.24, 2.45) is 11.8 Å². The van der Waals surface area contributed by atoms with E-state index in [0.717, 1.165) is 30.4 Å². The molecule has 2 aliphatic rings. The molecule has 0 spiro atoms. The quantitative estimate of drug-likeness (QED) is 0.485. The largest absolute Gasteiger partial charge is 0.481 e. The molecule has 0 unspecified atom stereocenters. The van der Waals surface area contributed by atoms with Crippen LogP contribution >= 0.6 is 0 Å². The molecular formula is C28H34N2O5. The highest BCUT2D eigenvalue weighted by Gasteiger charge is 2.31. The van der Waals surface area contributed by atoms with Crippen LogP contribution in [0, 0.1) is 11.8 Å². The Bertz CT molecular complexity index is 1020. The summed E-state index contributed by atoms with van der Waals surface area (Å²) in [6.45, 7) is 2.49. The zero-order valence-corrected chi connectivity index (χ0v) is 20.2. The molecule has 2 amide bonds. The van der Waals surface area contributed by atoms with Crippen molar-refractivity contribution in [3.8, 4) is 11.1 Å². The Hall–Kier alpha value is -3.35. The van der Waals surface area contributed by atoms with Crippen LogP contribution in [-0.2, 0) is 14.3 Å². The van der Waals surface area contributed by atoms with Gasteiger partial charge < -0.3 is 20.5 Å². The Morgan fingerprint density at radius 2 is 1.63 bits per heavy atom. The Morgan fingerprint density at radius 3 is 2.26 bits per heavy atom. The Labute approximate surface area is 206 Å². The van der Waals surface area contributed by atoms with Crippen LogP contribution in [0.4, 0.5) is 4.79 Å². The van der Waals surface area contributed by atoms with Crippen molar-refractivity contribution in [2.45, 2.75) is 57.4 Å². The van der Waals surface area contributed by atoms with E-state index in [2.05, 4.69) is 34.9 Å². The molecule has 4 rings (SSSR count). The summed E-state index contributed by atoms with van der Waals surface area (Å²) >= 11 is 0. The summed E-state index contributed by atoms with van der Waals surface area (Å²) in [7, 11) is 0. The minimum Gasteiger partial charge on any atom is -0.481 e. The third kappa shape index (κ3) is 5.84. The standard InChI is InChI=1S/C28H34N2O5/c1-2-19(15-26(31)29-16-18-9-3-4-10-20(18)27(32)33)30-28(34)35-17-25-23-13-7-5-11-21(23)22-12-6-8-14-24(22)25/h5-8,11-14,18-20,25H,2-4,9-10,15-17H2,1H3,(H,29,31)(H,30,34)(H,32,33)/t18-,19-,20-/m1/s1. The van der Waals surface area contributed by atoms with Crippen LogP contribution in [0.1, 0.15) is 62.5 Å². The Kier molecular flexibility index (Phi) is 8.06. The smallest absolute Gasteiger partial charge is 0.407 e. The van der Waals surface area contributed by atoms with Crippen LogP contribution < -0.4 is 10.6 Å². The van der Waals surface area contributed by atoms with Gasteiger partial charge in [0.25, 0.3) is 0 Å². The van der Waals surface area contributed by atoms with E-state index < -0.39 is 18.0 Å². The third-order valence-corrected chi connectivity index (χ3v) is 7.38. The lowest BCUT2D eigenvalue weighted by Gasteiger charge is -2.28. The van der Waals surface area contributed by atoms with Crippen molar-refractivity contribution in [3.63, 3.8) is 0 Å². The number of nitrogens with one attached hydrogen (secondary N) is 2. The molecule has 35 heavy (non-hydrogen) atoms. The van der Waals surface area contributed by atoms with Crippen molar-refractivity contribution in [2.75, 3.05) is 13.2 Å². The molecule has 1 fully saturated rings. The molecule has 3 N–H and O–H groups in total. The van der Waals surface area contributed by atoms with Gasteiger partial charge in [0, 0.05) is 24.9 Å². The summed E-state index contributed by atoms with van der Waals surface area (Å²) in [6.07, 6.45) is 3.56. The van der Waals surface area contributed by atoms with Gasteiger partial charge in [-0.1, -0.05) is 68.3 Å². The fraction of sp³-hybridized carbons (Fsp3) is 0.464. The number of benzene rings is 2. The maximum absolute atomic E-state index is 12.6. The second-order valence-corrected chi connectivity index (χ2v) is 9.57. The number of hydrogen-bond acceptors (Lipinski definition) is 4.